The molecule has 0 aliphatic heterocycles. The highest BCUT2D eigenvalue weighted by atomic mass is 19.4. The van der Waals surface area contributed by atoms with Gasteiger partial charge in [-0.25, -0.2) is 4.79 Å². The summed E-state index contributed by atoms with van der Waals surface area (Å²) in [6, 6.07) is 0. The molecular formula is C8H9F6NO4. The van der Waals surface area contributed by atoms with Crippen molar-refractivity contribution < 1.29 is 46.1 Å². The quantitative estimate of drug-likeness (QED) is 0.651. The van der Waals surface area contributed by atoms with Crippen LogP contribution in [0.15, 0.2) is 0 Å². The van der Waals surface area contributed by atoms with Gasteiger partial charge in [0.15, 0.2) is 6.10 Å². The van der Waals surface area contributed by atoms with Crippen molar-refractivity contribution in [3.8, 4) is 0 Å². The molecule has 0 aromatic carbocycles. The van der Waals surface area contributed by atoms with E-state index in [9.17, 15) is 35.9 Å². The lowest BCUT2D eigenvalue weighted by molar-refractivity contribution is -0.274. The van der Waals surface area contributed by atoms with Crippen LogP contribution in [-0.2, 0) is 9.59 Å². The van der Waals surface area contributed by atoms with Gasteiger partial charge in [-0.15, -0.1) is 0 Å². The largest absolute Gasteiger partial charge is 0.479 e. The van der Waals surface area contributed by atoms with E-state index in [1.807, 2.05) is 0 Å². The maximum atomic E-state index is 12.1. The lowest BCUT2D eigenvalue weighted by Gasteiger charge is -2.22. The van der Waals surface area contributed by atoms with Crippen molar-refractivity contribution in [2.75, 3.05) is 6.54 Å². The number of carboxylic acid groups (broad SMARTS) is 1. The maximum Gasteiger partial charge on any atom is 0.409 e. The molecule has 0 saturated carbocycles. The summed E-state index contributed by atoms with van der Waals surface area (Å²) in [5.74, 6) is -8.25. The molecule has 0 fully saturated rings. The third-order valence-electron chi connectivity index (χ3n) is 1.92. The Kier molecular flexibility index (Phi) is 5.60. The molecule has 0 spiro atoms. The number of carbonyl (C=O) groups is 2. The predicted octanol–water partition coefficient (Wildman–Crippen LogP) is 0.679. The molecule has 0 saturated heterocycles. The van der Waals surface area contributed by atoms with E-state index in [-0.39, 0.29) is 0 Å². The fraction of sp³-hybridized carbons (Fsp3) is 0.750. The Balaban J connectivity index is 4.57. The Morgan fingerprint density at radius 2 is 1.47 bits per heavy atom. The third-order valence-corrected chi connectivity index (χ3v) is 1.92. The fourth-order valence-corrected chi connectivity index (χ4v) is 1.04. The highest BCUT2D eigenvalue weighted by molar-refractivity contribution is 5.80. The predicted molar refractivity (Wildman–Crippen MR) is 46.9 cm³/mol. The Morgan fingerprint density at radius 1 is 1.05 bits per heavy atom. The lowest BCUT2D eigenvalue weighted by Crippen LogP contribution is -2.48. The molecule has 1 atom stereocenters. The lowest BCUT2D eigenvalue weighted by atomic mass is 10.1. The summed E-state index contributed by atoms with van der Waals surface area (Å²) in [5, 5.41) is 18.2. The van der Waals surface area contributed by atoms with Crippen molar-refractivity contribution in [1.82, 2.24) is 5.32 Å². The first-order chi connectivity index (χ1) is 8.37. The molecule has 0 unspecified atom stereocenters. The van der Waals surface area contributed by atoms with E-state index in [4.69, 9.17) is 10.2 Å². The number of alkyl halides is 6. The van der Waals surface area contributed by atoms with Gasteiger partial charge in [0.2, 0.25) is 11.8 Å². The number of halogens is 6. The number of hydrogen-bond acceptors (Lipinski definition) is 3. The topological polar surface area (TPSA) is 86.6 Å². The highest BCUT2D eigenvalue weighted by Crippen LogP contribution is 2.39. The molecule has 0 aliphatic carbocycles. The minimum absolute atomic E-state index is 0.719. The highest BCUT2D eigenvalue weighted by Gasteiger charge is 2.60. The first-order valence-electron chi connectivity index (χ1n) is 4.69. The number of aliphatic hydroxyl groups is 1. The Labute approximate surface area is 102 Å². The SMILES string of the molecule is O=C(NCC[C@H](O)C(=O)O)C(C(F)(F)F)C(F)(F)F. The van der Waals surface area contributed by atoms with E-state index in [0.717, 1.165) is 0 Å². The van der Waals surface area contributed by atoms with Gasteiger partial charge in [0, 0.05) is 13.0 Å². The Bertz CT molecular complexity index is 325. The van der Waals surface area contributed by atoms with Gasteiger partial charge in [-0.2, -0.15) is 26.3 Å². The van der Waals surface area contributed by atoms with E-state index >= 15 is 0 Å². The van der Waals surface area contributed by atoms with E-state index in [1.54, 1.807) is 0 Å². The fourth-order valence-electron chi connectivity index (χ4n) is 1.04. The summed E-state index contributed by atoms with van der Waals surface area (Å²) in [7, 11) is 0. The Hall–Kier alpha value is -1.52. The molecular weight excluding hydrogens is 288 g/mol. The van der Waals surface area contributed by atoms with E-state index in [1.165, 1.54) is 5.32 Å². The maximum absolute atomic E-state index is 12.1. The van der Waals surface area contributed by atoms with Gasteiger partial charge in [0.25, 0.3) is 0 Å². The van der Waals surface area contributed by atoms with Crippen molar-refractivity contribution in [3.05, 3.63) is 0 Å². The summed E-state index contributed by atoms with van der Waals surface area (Å²) in [5.41, 5.74) is 0. The van der Waals surface area contributed by atoms with Crippen LogP contribution in [0.5, 0.6) is 0 Å². The summed E-state index contributed by atoms with van der Waals surface area (Å²) < 4.78 is 72.3. The second-order valence-corrected chi connectivity index (χ2v) is 3.45. The second-order valence-electron chi connectivity index (χ2n) is 3.45. The van der Waals surface area contributed by atoms with E-state index in [0.29, 0.717) is 0 Å². The number of amides is 1. The number of nitrogens with one attached hydrogen (secondary N) is 1. The van der Waals surface area contributed by atoms with Crippen molar-refractivity contribution >= 4 is 11.9 Å². The van der Waals surface area contributed by atoms with Crippen molar-refractivity contribution in [3.63, 3.8) is 0 Å². The van der Waals surface area contributed by atoms with Gasteiger partial charge in [-0.3, -0.25) is 4.79 Å². The zero-order valence-corrected chi connectivity index (χ0v) is 9.05. The molecule has 0 rings (SSSR count). The standard InChI is InChI=1S/C8H9F6NO4/c9-7(10,11)4(8(12,13)14)5(17)15-2-1-3(16)6(18)19/h3-4,16H,1-2H2,(H,15,17)(H,18,19)/t3-/m0/s1. The molecule has 1 amide bonds. The van der Waals surface area contributed by atoms with Crippen LogP contribution >= 0.6 is 0 Å². The van der Waals surface area contributed by atoms with Gasteiger partial charge in [0.1, 0.15) is 0 Å². The van der Waals surface area contributed by atoms with E-state index in [2.05, 4.69) is 0 Å². The second kappa shape index (κ2) is 6.08. The first kappa shape index (κ1) is 17.5. The molecule has 3 N–H and O–H groups in total. The van der Waals surface area contributed by atoms with Crippen LogP contribution in [-0.4, -0.2) is 47.1 Å². The van der Waals surface area contributed by atoms with Crippen LogP contribution in [0.25, 0.3) is 0 Å². The number of aliphatic hydroxyl groups excluding tert-OH is 1. The molecule has 19 heavy (non-hydrogen) atoms. The van der Waals surface area contributed by atoms with Crippen LogP contribution in [0.2, 0.25) is 0 Å². The third kappa shape index (κ3) is 5.77. The molecule has 0 aromatic heterocycles. The minimum atomic E-state index is -5.81. The monoisotopic (exact) mass is 297 g/mol. The van der Waals surface area contributed by atoms with Gasteiger partial charge < -0.3 is 15.5 Å². The molecule has 0 radical (unpaired) electrons. The summed E-state index contributed by atoms with van der Waals surface area (Å²) in [6.45, 7) is -0.838. The number of carboxylic acids is 1. The van der Waals surface area contributed by atoms with Crippen molar-refractivity contribution in [2.45, 2.75) is 24.9 Å². The summed E-state index contributed by atoms with van der Waals surface area (Å²) in [6.07, 6.45) is -14.3. The Morgan fingerprint density at radius 3 is 1.79 bits per heavy atom. The zero-order valence-electron chi connectivity index (χ0n) is 9.05. The first-order valence-corrected chi connectivity index (χ1v) is 4.69. The molecule has 0 aromatic rings. The average Bonchev–Trinajstić information content (AvgIpc) is 2.11. The molecule has 0 heterocycles. The smallest absolute Gasteiger partial charge is 0.409 e. The van der Waals surface area contributed by atoms with Crippen LogP contribution in [0.1, 0.15) is 6.42 Å². The van der Waals surface area contributed by atoms with Crippen LogP contribution in [0.3, 0.4) is 0 Å². The van der Waals surface area contributed by atoms with Gasteiger partial charge >= 0.3 is 18.3 Å². The van der Waals surface area contributed by atoms with Crippen LogP contribution in [0, 0.1) is 5.92 Å². The molecule has 0 aliphatic rings. The summed E-state index contributed by atoms with van der Waals surface area (Å²) in [4.78, 5) is 20.9. The number of carbonyl (C=O) groups excluding carboxylic acids is 1. The van der Waals surface area contributed by atoms with Gasteiger partial charge in [-0.05, 0) is 0 Å². The molecule has 0 bridgehead atoms. The normalized spacial score (nSPS) is 14.3. The number of aliphatic carboxylic acids is 1. The van der Waals surface area contributed by atoms with E-state index < -0.39 is 49.2 Å². The van der Waals surface area contributed by atoms with Crippen LogP contribution in [0.4, 0.5) is 26.3 Å². The van der Waals surface area contributed by atoms with Gasteiger partial charge in [0.05, 0.1) is 0 Å². The summed E-state index contributed by atoms with van der Waals surface area (Å²) >= 11 is 0. The zero-order chi connectivity index (χ0) is 15.4. The minimum Gasteiger partial charge on any atom is -0.479 e. The van der Waals surface area contributed by atoms with Crippen molar-refractivity contribution in [1.29, 1.82) is 0 Å². The number of rotatable bonds is 5. The van der Waals surface area contributed by atoms with Crippen molar-refractivity contribution in [2.24, 2.45) is 5.92 Å². The van der Waals surface area contributed by atoms with Crippen LogP contribution < -0.4 is 5.32 Å². The average molecular weight is 297 g/mol. The van der Waals surface area contributed by atoms with Gasteiger partial charge in [-0.1, -0.05) is 0 Å². The molecule has 112 valence electrons. The molecule has 5 nitrogen and oxygen atoms in total. The number of hydrogen-bond donors (Lipinski definition) is 3. The molecule has 11 heteroatoms.